The van der Waals surface area contributed by atoms with Gasteiger partial charge in [-0.05, 0) is 44.9 Å². The molecule has 0 aromatic carbocycles. The molecule has 1 rings (SSSR count). The normalized spacial score (nSPS) is 22.4. The molecule has 8 unspecified atom stereocenters. The third-order valence-electron chi connectivity index (χ3n) is 10.1. The quantitative estimate of drug-likeness (QED) is 0.0212. The minimum atomic E-state index is -5.11. The Labute approximate surface area is 332 Å². The Hall–Kier alpha value is -1.46. The molecule has 1 heterocycles. The monoisotopic (exact) mass is 808 g/mol. The van der Waals surface area contributed by atoms with Gasteiger partial charge in [-0.1, -0.05) is 147 Å². The van der Waals surface area contributed by atoms with E-state index in [0.717, 1.165) is 51.4 Å². The summed E-state index contributed by atoms with van der Waals surface area (Å²) < 4.78 is 47.3. The van der Waals surface area contributed by atoms with Crippen molar-refractivity contribution in [2.24, 2.45) is 0 Å². The molecule has 1 aliphatic rings. The molecule has 7 N–H and O–H groups in total. The SMILES string of the molecule is CCCCCCCCC/C=C\CCCCCCC(O)C(=O)NC(COC1OC(CO)C(O)C(OS(=O)(=O)O)C1O)C(O)/C=C/CCCCCCCCCCC. The van der Waals surface area contributed by atoms with E-state index in [-0.39, 0.29) is 6.42 Å². The van der Waals surface area contributed by atoms with E-state index in [4.69, 9.17) is 14.0 Å². The van der Waals surface area contributed by atoms with Crippen LogP contribution in [0.15, 0.2) is 24.3 Å². The van der Waals surface area contributed by atoms with Crippen LogP contribution in [0.2, 0.25) is 0 Å². The molecule has 0 aliphatic carbocycles. The maximum Gasteiger partial charge on any atom is 0.397 e. The maximum absolute atomic E-state index is 13.0. The lowest BCUT2D eigenvalue weighted by Crippen LogP contribution is -2.61. The van der Waals surface area contributed by atoms with E-state index in [1.807, 2.05) is 6.08 Å². The molecule has 55 heavy (non-hydrogen) atoms. The third kappa shape index (κ3) is 25.5. The number of nitrogens with one attached hydrogen (secondary N) is 1. The van der Waals surface area contributed by atoms with Crippen molar-refractivity contribution in [3.63, 3.8) is 0 Å². The van der Waals surface area contributed by atoms with Crippen LogP contribution in [0.3, 0.4) is 0 Å². The van der Waals surface area contributed by atoms with Gasteiger partial charge in [-0.25, -0.2) is 4.18 Å². The van der Waals surface area contributed by atoms with Crippen LogP contribution in [0.4, 0.5) is 0 Å². The van der Waals surface area contributed by atoms with Gasteiger partial charge in [0.25, 0.3) is 0 Å². The minimum absolute atomic E-state index is 0.229. The molecule has 0 spiro atoms. The van der Waals surface area contributed by atoms with Crippen LogP contribution in [0, 0.1) is 0 Å². The van der Waals surface area contributed by atoms with E-state index in [2.05, 4.69) is 35.5 Å². The molecule has 13 nitrogen and oxygen atoms in total. The van der Waals surface area contributed by atoms with Gasteiger partial charge in [-0.2, -0.15) is 8.42 Å². The van der Waals surface area contributed by atoms with Crippen LogP contribution in [-0.2, 0) is 28.9 Å². The summed E-state index contributed by atoms with van der Waals surface area (Å²) in [5, 5.41) is 55.0. The van der Waals surface area contributed by atoms with Crippen LogP contribution in [0.5, 0.6) is 0 Å². The lowest BCUT2D eigenvalue weighted by molar-refractivity contribution is -0.298. The smallest absolute Gasteiger partial charge is 0.394 e. The summed E-state index contributed by atoms with van der Waals surface area (Å²) in [5.41, 5.74) is 0. The molecule has 1 saturated heterocycles. The van der Waals surface area contributed by atoms with Gasteiger partial charge in [-0.15, -0.1) is 0 Å². The molecule has 1 aliphatic heterocycles. The number of aliphatic hydroxyl groups is 5. The second-order valence-electron chi connectivity index (χ2n) is 15.1. The summed E-state index contributed by atoms with van der Waals surface area (Å²) >= 11 is 0. The molecule has 0 aromatic heterocycles. The van der Waals surface area contributed by atoms with Crippen molar-refractivity contribution < 1.29 is 57.0 Å². The highest BCUT2D eigenvalue weighted by atomic mass is 32.3. The fourth-order valence-corrected chi connectivity index (χ4v) is 7.14. The fourth-order valence-electron chi connectivity index (χ4n) is 6.63. The van der Waals surface area contributed by atoms with Crippen molar-refractivity contribution in [1.29, 1.82) is 0 Å². The van der Waals surface area contributed by atoms with E-state index in [0.29, 0.717) is 12.8 Å². The first-order chi connectivity index (χ1) is 26.4. The summed E-state index contributed by atoms with van der Waals surface area (Å²) in [6, 6.07) is -1.12. The zero-order chi connectivity index (χ0) is 40.7. The van der Waals surface area contributed by atoms with Gasteiger partial charge in [0.05, 0.1) is 25.4 Å². The highest BCUT2D eigenvalue weighted by Crippen LogP contribution is 2.26. The van der Waals surface area contributed by atoms with Crippen molar-refractivity contribution in [2.75, 3.05) is 13.2 Å². The van der Waals surface area contributed by atoms with Crippen molar-refractivity contribution in [3.05, 3.63) is 24.3 Å². The number of hydrogen-bond acceptors (Lipinski definition) is 11. The average molecular weight is 808 g/mol. The molecule has 324 valence electrons. The molecule has 8 atom stereocenters. The number of allylic oxidation sites excluding steroid dienone is 3. The fraction of sp³-hybridized carbons (Fsp3) is 0.878. The van der Waals surface area contributed by atoms with Crippen LogP contribution >= 0.6 is 0 Å². The van der Waals surface area contributed by atoms with Crippen molar-refractivity contribution in [2.45, 2.75) is 217 Å². The van der Waals surface area contributed by atoms with E-state index in [9.17, 15) is 38.7 Å². The largest absolute Gasteiger partial charge is 0.397 e. The molecule has 0 radical (unpaired) electrons. The van der Waals surface area contributed by atoms with E-state index >= 15 is 0 Å². The lowest BCUT2D eigenvalue weighted by atomic mass is 9.99. The lowest BCUT2D eigenvalue weighted by Gasteiger charge is -2.41. The number of carbonyl (C=O) groups is 1. The Morgan fingerprint density at radius 1 is 0.727 bits per heavy atom. The van der Waals surface area contributed by atoms with Gasteiger partial charge in [0.2, 0.25) is 5.91 Å². The van der Waals surface area contributed by atoms with Gasteiger partial charge in [0, 0.05) is 0 Å². The first-order valence-electron chi connectivity index (χ1n) is 21.3. The van der Waals surface area contributed by atoms with Gasteiger partial charge >= 0.3 is 10.4 Å². The summed E-state index contributed by atoms with van der Waals surface area (Å²) in [6.45, 7) is 3.16. The van der Waals surface area contributed by atoms with Gasteiger partial charge in [-0.3, -0.25) is 9.35 Å². The minimum Gasteiger partial charge on any atom is -0.394 e. The predicted molar refractivity (Wildman–Crippen MR) is 215 cm³/mol. The summed E-state index contributed by atoms with van der Waals surface area (Å²) in [7, 11) is -5.11. The van der Waals surface area contributed by atoms with Crippen molar-refractivity contribution in [1.82, 2.24) is 5.32 Å². The number of unbranched alkanes of at least 4 members (excludes halogenated alkanes) is 20. The highest BCUT2D eigenvalue weighted by molar-refractivity contribution is 7.80. The zero-order valence-corrected chi connectivity index (χ0v) is 34.7. The predicted octanol–water partition coefficient (Wildman–Crippen LogP) is 6.35. The molecule has 0 aromatic rings. The van der Waals surface area contributed by atoms with Gasteiger partial charge in [0.1, 0.15) is 30.5 Å². The summed E-state index contributed by atoms with van der Waals surface area (Å²) in [4.78, 5) is 13.0. The second-order valence-corrected chi connectivity index (χ2v) is 16.1. The van der Waals surface area contributed by atoms with E-state index in [1.165, 1.54) is 89.5 Å². The Bertz CT molecular complexity index is 1110. The summed E-state index contributed by atoms with van der Waals surface area (Å²) in [5.74, 6) is -0.713. The number of rotatable bonds is 35. The summed E-state index contributed by atoms with van der Waals surface area (Å²) in [6.07, 6.45) is 22.7. The Kier molecular flexibility index (Phi) is 30.5. The molecule has 14 heteroatoms. The molecule has 0 bridgehead atoms. The Balaban J connectivity index is 2.64. The van der Waals surface area contributed by atoms with Crippen LogP contribution < -0.4 is 5.32 Å². The Morgan fingerprint density at radius 3 is 1.69 bits per heavy atom. The first kappa shape index (κ1) is 51.6. The van der Waals surface area contributed by atoms with Crippen molar-refractivity contribution >= 4 is 16.3 Å². The molecular weight excluding hydrogens is 731 g/mol. The Morgan fingerprint density at radius 2 is 1.20 bits per heavy atom. The second kappa shape index (κ2) is 32.5. The highest BCUT2D eigenvalue weighted by Gasteiger charge is 2.48. The van der Waals surface area contributed by atoms with E-state index < -0.39 is 78.5 Å². The number of amides is 1. The molecule has 1 amide bonds. The van der Waals surface area contributed by atoms with Gasteiger partial charge in [0.15, 0.2) is 6.29 Å². The van der Waals surface area contributed by atoms with Crippen molar-refractivity contribution in [3.8, 4) is 0 Å². The molecule has 0 saturated carbocycles. The topological polar surface area (TPSA) is 212 Å². The number of hydrogen-bond donors (Lipinski definition) is 7. The standard InChI is InChI=1S/C41H77NO12S/c1-3-5-7-9-11-13-15-16-17-18-20-22-24-26-28-30-35(45)40(48)42-33(34(44)29-27-25-23-21-19-14-12-10-8-6-4-2)32-52-41-38(47)39(54-55(49,50)51)37(46)36(31-43)53-41/h17-18,27,29,33-39,41,43-47H,3-16,19-26,28,30-32H2,1-2H3,(H,42,48)(H,49,50,51)/b18-17-,29-27+. The van der Waals surface area contributed by atoms with E-state index in [1.54, 1.807) is 0 Å². The third-order valence-corrected chi connectivity index (χ3v) is 10.5. The first-order valence-corrected chi connectivity index (χ1v) is 22.7. The van der Waals surface area contributed by atoms with Crippen LogP contribution in [0.1, 0.15) is 168 Å². The maximum atomic E-state index is 13.0. The number of aliphatic hydroxyl groups excluding tert-OH is 5. The molecule has 1 fully saturated rings. The average Bonchev–Trinajstić information content (AvgIpc) is 3.15. The molecular formula is C41H77NO12S. The van der Waals surface area contributed by atoms with Crippen LogP contribution in [0.25, 0.3) is 0 Å². The zero-order valence-electron chi connectivity index (χ0n) is 33.9. The van der Waals surface area contributed by atoms with Crippen LogP contribution in [-0.4, -0.2) is 107 Å². The van der Waals surface area contributed by atoms with Gasteiger partial charge < -0.3 is 40.3 Å². The number of carbonyl (C=O) groups excluding carboxylic acids is 1. The number of ether oxygens (including phenoxy) is 2.